The highest BCUT2D eigenvalue weighted by Gasteiger charge is 2.21. The van der Waals surface area contributed by atoms with Crippen LogP contribution in [0.4, 0.5) is 17.5 Å². The smallest absolute Gasteiger partial charge is 0.332 e. The van der Waals surface area contributed by atoms with Crippen LogP contribution in [-0.2, 0) is 6.54 Å². The molecule has 0 aliphatic rings. The van der Waals surface area contributed by atoms with Crippen molar-refractivity contribution in [1.82, 2.24) is 9.97 Å². The van der Waals surface area contributed by atoms with E-state index in [1.807, 2.05) is 6.92 Å². The molecule has 20 heavy (non-hydrogen) atoms. The average molecular weight is 277 g/mol. The molecule has 0 spiro atoms. The van der Waals surface area contributed by atoms with Gasteiger partial charge in [0.05, 0.1) is 17.7 Å². The maximum Gasteiger partial charge on any atom is 0.332 e. The number of nitro groups is 1. The largest absolute Gasteiger partial charge is 0.467 e. The number of aromatic nitrogens is 2. The van der Waals surface area contributed by atoms with Crippen LogP contribution >= 0.6 is 0 Å². The van der Waals surface area contributed by atoms with Crippen LogP contribution in [0.25, 0.3) is 0 Å². The van der Waals surface area contributed by atoms with E-state index in [0.29, 0.717) is 30.5 Å². The van der Waals surface area contributed by atoms with Crippen LogP contribution in [0.3, 0.4) is 0 Å². The maximum absolute atomic E-state index is 11.1. The molecule has 0 aliphatic carbocycles. The minimum atomic E-state index is -0.491. The molecule has 0 aromatic carbocycles. The molecule has 0 saturated heterocycles. The maximum atomic E-state index is 11.1. The van der Waals surface area contributed by atoms with Gasteiger partial charge in [-0.15, -0.1) is 0 Å². The standard InChI is InChI=1S/C12H15N5O3/c1-3-13-12-15-8(2)10(17(18)19)11(16-12)14-7-9-5-4-6-20-9/h4-6H,3,7H2,1-2H3,(H2,13,14,15,16). The van der Waals surface area contributed by atoms with Crippen molar-refractivity contribution in [3.63, 3.8) is 0 Å². The first-order valence-corrected chi connectivity index (χ1v) is 6.15. The van der Waals surface area contributed by atoms with Gasteiger partial charge in [0, 0.05) is 6.54 Å². The van der Waals surface area contributed by atoms with Gasteiger partial charge in [0.15, 0.2) is 0 Å². The lowest BCUT2D eigenvalue weighted by Crippen LogP contribution is -2.10. The number of anilines is 2. The highest BCUT2D eigenvalue weighted by atomic mass is 16.6. The Kier molecular flexibility index (Phi) is 4.14. The van der Waals surface area contributed by atoms with Gasteiger partial charge < -0.3 is 15.1 Å². The lowest BCUT2D eigenvalue weighted by molar-refractivity contribution is -0.385. The number of nitrogens with one attached hydrogen (secondary N) is 2. The third kappa shape index (κ3) is 3.02. The van der Waals surface area contributed by atoms with Crippen molar-refractivity contribution in [2.45, 2.75) is 20.4 Å². The van der Waals surface area contributed by atoms with E-state index >= 15 is 0 Å². The minimum absolute atomic E-state index is 0.127. The van der Waals surface area contributed by atoms with Crippen LogP contribution in [0.5, 0.6) is 0 Å². The summed E-state index contributed by atoms with van der Waals surface area (Å²) in [5.41, 5.74) is 0.182. The summed E-state index contributed by atoms with van der Waals surface area (Å²) in [6.45, 7) is 4.43. The molecular formula is C12H15N5O3. The summed E-state index contributed by atoms with van der Waals surface area (Å²) < 4.78 is 5.17. The Balaban J connectivity index is 2.29. The average Bonchev–Trinajstić information content (AvgIpc) is 2.88. The van der Waals surface area contributed by atoms with Crippen molar-refractivity contribution in [1.29, 1.82) is 0 Å². The van der Waals surface area contributed by atoms with E-state index < -0.39 is 4.92 Å². The Labute approximate surface area is 115 Å². The fourth-order valence-corrected chi connectivity index (χ4v) is 1.73. The first-order chi connectivity index (χ1) is 9.61. The summed E-state index contributed by atoms with van der Waals surface area (Å²) in [5, 5.41) is 17.0. The van der Waals surface area contributed by atoms with Gasteiger partial charge in [-0.3, -0.25) is 10.1 Å². The van der Waals surface area contributed by atoms with Gasteiger partial charge in [-0.05, 0) is 26.0 Å². The van der Waals surface area contributed by atoms with Gasteiger partial charge in [-0.25, -0.2) is 4.98 Å². The zero-order chi connectivity index (χ0) is 14.5. The van der Waals surface area contributed by atoms with Crippen LogP contribution in [0, 0.1) is 17.0 Å². The topological polar surface area (TPSA) is 106 Å². The molecule has 0 amide bonds. The summed E-state index contributed by atoms with van der Waals surface area (Å²) in [7, 11) is 0. The summed E-state index contributed by atoms with van der Waals surface area (Å²) in [5.74, 6) is 1.20. The number of furan rings is 1. The van der Waals surface area contributed by atoms with Crippen LogP contribution in [0.2, 0.25) is 0 Å². The van der Waals surface area contributed by atoms with Gasteiger partial charge in [-0.2, -0.15) is 4.98 Å². The van der Waals surface area contributed by atoms with E-state index in [1.165, 1.54) is 0 Å². The van der Waals surface area contributed by atoms with Crippen LogP contribution in [0.1, 0.15) is 18.4 Å². The zero-order valence-corrected chi connectivity index (χ0v) is 11.2. The molecule has 2 aromatic heterocycles. The molecule has 2 N–H and O–H groups in total. The van der Waals surface area contributed by atoms with E-state index in [4.69, 9.17) is 4.42 Å². The number of rotatable bonds is 6. The van der Waals surface area contributed by atoms with Crippen LogP contribution in [0.15, 0.2) is 22.8 Å². The second-order valence-electron chi connectivity index (χ2n) is 4.05. The quantitative estimate of drug-likeness (QED) is 0.616. The molecule has 106 valence electrons. The minimum Gasteiger partial charge on any atom is -0.467 e. The summed E-state index contributed by atoms with van der Waals surface area (Å²) in [4.78, 5) is 18.8. The number of hydrogen-bond donors (Lipinski definition) is 2. The van der Waals surface area contributed by atoms with Crippen molar-refractivity contribution in [3.8, 4) is 0 Å². The van der Waals surface area contributed by atoms with Crippen LogP contribution in [-0.4, -0.2) is 21.4 Å². The first-order valence-electron chi connectivity index (χ1n) is 6.15. The third-order valence-corrected chi connectivity index (χ3v) is 2.59. The van der Waals surface area contributed by atoms with E-state index in [1.54, 1.807) is 25.3 Å². The zero-order valence-electron chi connectivity index (χ0n) is 11.2. The Bertz CT molecular complexity index is 597. The van der Waals surface area contributed by atoms with Crippen molar-refractivity contribution >= 4 is 17.5 Å². The highest BCUT2D eigenvalue weighted by molar-refractivity contribution is 5.60. The Morgan fingerprint density at radius 2 is 2.20 bits per heavy atom. The molecule has 8 nitrogen and oxygen atoms in total. The molecular weight excluding hydrogens is 262 g/mol. The molecule has 0 bridgehead atoms. The lowest BCUT2D eigenvalue weighted by atomic mass is 10.3. The normalized spacial score (nSPS) is 10.3. The highest BCUT2D eigenvalue weighted by Crippen LogP contribution is 2.26. The molecule has 2 rings (SSSR count). The van der Waals surface area contributed by atoms with Gasteiger partial charge in [0.25, 0.3) is 0 Å². The Morgan fingerprint density at radius 3 is 2.80 bits per heavy atom. The van der Waals surface area contributed by atoms with E-state index in [9.17, 15) is 10.1 Å². The van der Waals surface area contributed by atoms with Crippen LogP contribution < -0.4 is 10.6 Å². The summed E-state index contributed by atoms with van der Waals surface area (Å²) in [6.07, 6.45) is 1.54. The molecule has 0 atom stereocenters. The third-order valence-electron chi connectivity index (χ3n) is 2.59. The first kappa shape index (κ1) is 13.8. The monoisotopic (exact) mass is 277 g/mol. The number of hydrogen-bond acceptors (Lipinski definition) is 7. The molecule has 0 saturated carbocycles. The molecule has 2 heterocycles. The van der Waals surface area contributed by atoms with E-state index in [-0.39, 0.29) is 11.5 Å². The van der Waals surface area contributed by atoms with Gasteiger partial charge >= 0.3 is 5.69 Å². The SMILES string of the molecule is CCNc1nc(C)c([N+](=O)[O-])c(NCc2ccco2)n1. The van der Waals surface area contributed by atoms with Crippen molar-refractivity contribution in [3.05, 3.63) is 40.0 Å². The number of aryl methyl sites for hydroxylation is 1. The van der Waals surface area contributed by atoms with E-state index in [2.05, 4.69) is 20.6 Å². The molecule has 0 aliphatic heterocycles. The predicted molar refractivity (Wildman–Crippen MR) is 73.6 cm³/mol. The van der Waals surface area contributed by atoms with Crippen molar-refractivity contribution in [2.24, 2.45) is 0 Å². The second kappa shape index (κ2) is 6.00. The molecule has 8 heteroatoms. The number of nitrogens with zero attached hydrogens (tertiary/aromatic N) is 3. The molecule has 2 aromatic rings. The van der Waals surface area contributed by atoms with Crippen molar-refractivity contribution in [2.75, 3.05) is 17.2 Å². The molecule has 0 radical (unpaired) electrons. The second-order valence-corrected chi connectivity index (χ2v) is 4.05. The fourth-order valence-electron chi connectivity index (χ4n) is 1.73. The van der Waals surface area contributed by atoms with E-state index in [0.717, 1.165) is 0 Å². The van der Waals surface area contributed by atoms with Gasteiger partial charge in [0.1, 0.15) is 11.5 Å². The van der Waals surface area contributed by atoms with Crippen molar-refractivity contribution < 1.29 is 9.34 Å². The van der Waals surface area contributed by atoms with Gasteiger partial charge in [-0.1, -0.05) is 0 Å². The predicted octanol–water partition coefficient (Wildman–Crippen LogP) is 2.33. The van der Waals surface area contributed by atoms with Gasteiger partial charge in [0.2, 0.25) is 11.8 Å². The molecule has 0 unspecified atom stereocenters. The Hall–Kier alpha value is -2.64. The lowest BCUT2D eigenvalue weighted by Gasteiger charge is -2.09. The summed E-state index contributed by atoms with van der Waals surface area (Å²) >= 11 is 0. The Morgan fingerprint density at radius 1 is 1.40 bits per heavy atom. The molecule has 0 fully saturated rings. The summed E-state index contributed by atoms with van der Waals surface area (Å²) in [6, 6.07) is 3.53. The fraction of sp³-hybridized carbons (Fsp3) is 0.333.